The fraction of sp³-hybridized carbons (Fsp3) is 0.300. The van der Waals surface area contributed by atoms with E-state index >= 15 is 0 Å². The number of hydrogen-bond donors (Lipinski definition) is 0. The molecule has 3 rings (SSSR count). The van der Waals surface area contributed by atoms with Gasteiger partial charge >= 0.3 is 0 Å². The Kier molecular flexibility index (Phi) is 6.05. The lowest BCUT2D eigenvalue weighted by molar-refractivity contribution is -0.0694. The summed E-state index contributed by atoms with van der Waals surface area (Å²) in [6.07, 6.45) is 3.17. The van der Waals surface area contributed by atoms with E-state index in [-0.39, 0.29) is 5.92 Å². The second-order valence-corrected chi connectivity index (χ2v) is 7.38. The molecule has 0 amide bonds. The second-order valence-electron chi connectivity index (χ2n) is 6.54. The highest BCUT2D eigenvalue weighted by atomic mass is 35.5. The minimum absolute atomic E-state index is 0.146. The molecule has 0 saturated carbocycles. The molecule has 2 aromatic carbocycles. The summed E-state index contributed by atoms with van der Waals surface area (Å²) in [7, 11) is 1.69. The Labute approximate surface area is 168 Å². The van der Waals surface area contributed by atoms with Gasteiger partial charge in [0.25, 0.3) is 0 Å². The molecule has 0 saturated heterocycles. The summed E-state index contributed by atoms with van der Waals surface area (Å²) in [6, 6.07) is 12.8. The monoisotopic (exact) mass is 405 g/mol. The number of nitrogens with zero attached hydrogens (tertiary/aromatic N) is 3. The standard InChI is InChI=1S/C20H21Cl2N3O2/c1-14(2)20(26-3,11-25-13-23-12-24-25)18-9-8-17(10-19(18)22)27-16-6-4-15(21)5-7-16/h4-10,12-14H,11H2,1-3H3. The minimum Gasteiger partial charge on any atom is -0.457 e. The van der Waals surface area contributed by atoms with Crippen molar-refractivity contribution in [1.82, 2.24) is 14.8 Å². The van der Waals surface area contributed by atoms with Gasteiger partial charge in [-0.3, -0.25) is 0 Å². The summed E-state index contributed by atoms with van der Waals surface area (Å²) in [4.78, 5) is 4.02. The van der Waals surface area contributed by atoms with Crippen LogP contribution in [0.4, 0.5) is 0 Å². The highest BCUT2D eigenvalue weighted by molar-refractivity contribution is 6.31. The van der Waals surface area contributed by atoms with Crippen LogP contribution in [0.5, 0.6) is 11.5 Å². The van der Waals surface area contributed by atoms with Crippen molar-refractivity contribution in [3.05, 3.63) is 70.7 Å². The lowest BCUT2D eigenvalue weighted by Crippen LogP contribution is -2.39. The smallest absolute Gasteiger partial charge is 0.137 e. The molecule has 142 valence electrons. The fourth-order valence-electron chi connectivity index (χ4n) is 3.09. The van der Waals surface area contributed by atoms with Crippen LogP contribution >= 0.6 is 23.2 Å². The van der Waals surface area contributed by atoms with Gasteiger partial charge in [0, 0.05) is 17.7 Å². The van der Waals surface area contributed by atoms with Crippen LogP contribution in [0.2, 0.25) is 10.0 Å². The quantitative estimate of drug-likeness (QED) is 0.514. The van der Waals surface area contributed by atoms with E-state index in [0.717, 1.165) is 5.56 Å². The van der Waals surface area contributed by atoms with Gasteiger partial charge in [0.1, 0.15) is 29.8 Å². The van der Waals surface area contributed by atoms with E-state index in [9.17, 15) is 0 Å². The number of aromatic nitrogens is 3. The van der Waals surface area contributed by atoms with Gasteiger partial charge < -0.3 is 9.47 Å². The molecule has 1 aromatic heterocycles. The maximum atomic E-state index is 6.64. The first kappa shape index (κ1) is 19.7. The van der Waals surface area contributed by atoms with E-state index in [1.165, 1.54) is 6.33 Å². The molecule has 5 nitrogen and oxygen atoms in total. The van der Waals surface area contributed by atoms with Gasteiger partial charge in [-0.15, -0.1) is 0 Å². The first-order valence-corrected chi connectivity index (χ1v) is 9.31. The number of methoxy groups -OCH3 is 1. The molecule has 0 fully saturated rings. The highest BCUT2D eigenvalue weighted by Crippen LogP contribution is 2.40. The molecule has 0 bridgehead atoms. The van der Waals surface area contributed by atoms with Crippen molar-refractivity contribution in [2.45, 2.75) is 26.0 Å². The lowest BCUT2D eigenvalue weighted by atomic mass is 9.82. The molecule has 1 unspecified atom stereocenters. The van der Waals surface area contributed by atoms with E-state index in [2.05, 4.69) is 23.9 Å². The summed E-state index contributed by atoms with van der Waals surface area (Å²) in [5.74, 6) is 1.47. The van der Waals surface area contributed by atoms with E-state index in [1.807, 2.05) is 24.3 Å². The first-order valence-electron chi connectivity index (χ1n) is 8.55. The maximum absolute atomic E-state index is 6.64. The van der Waals surface area contributed by atoms with Crippen molar-refractivity contribution in [3.63, 3.8) is 0 Å². The topological polar surface area (TPSA) is 49.2 Å². The molecule has 3 aromatic rings. The van der Waals surface area contributed by atoms with Crippen molar-refractivity contribution in [1.29, 1.82) is 0 Å². The first-order chi connectivity index (χ1) is 12.9. The van der Waals surface area contributed by atoms with Crippen LogP contribution in [0.3, 0.4) is 0 Å². The molecule has 0 radical (unpaired) electrons. The number of hydrogen-bond acceptors (Lipinski definition) is 4. The Morgan fingerprint density at radius 1 is 1.07 bits per heavy atom. The number of rotatable bonds is 7. The SMILES string of the molecule is COC(Cn1cncn1)(c1ccc(Oc2ccc(Cl)cc2)cc1Cl)C(C)C. The zero-order chi connectivity index (χ0) is 19.4. The van der Waals surface area contributed by atoms with E-state index in [0.29, 0.717) is 28.1 Å². The zero-order valence-electron chi connectivity index (χ0n) is 15.4. The van der Waals surface area contributed by atoms with Crippen molar-refractivity contribution in [2.75, 3.05) is 7.11 Å². The van der Waals surface area contributed by atoms with Crippen molar-refractivity contribution in [3.8, 4) is 11.5 Å². The zero-order valence-corrected chi connectivity index (χ0v) is 16.9. The second kappa shape index (κ2) is 8.30. The Hall–Kier alpha value is -2.08. The number of benzene rings is 2. The van der Waals surface area contributed by atoms with Crippen molar-refractivity contribution < 1.29 is 9.47 Å². The molecule has 27 heavy (non-hydrogen) atoms. The van der Waals surface area contributed by atoms with Gasteiger partial charge in [0.15, 0.2) is 0 Å². The van der Waals surface area contributed by atoms with Gasteiger partial charge in [0.2, 0.25) is 0 Å². The Morgan fingerprint density at radius 3 is 2.33 bits per heavy atom. The number of halogens is 2. The highest BCUT2D eigenvalue weighted by Gasteiger charge is 2.38. The molecule has 1 atom stereocenters. The predicted molar refractivity (Wildman–Crippen MR) is 107 cm³/mol. The van der Waals surface area contributed by atoms with Crippen LogP contribution in [0, 0.1) is 5.92 Å². The van der Waals surface area contributed by atoms with Crippen LogP contribution in [-0.2, 0) is 16.9 Å². The van der Waals surface area contributed by atoms with Gasteiger partial charge in [-0.2, -0.15) is 5.10 Å². The van der Waals surface area contributed by atoms with E-state index in [1.54, 1.807) is 36.3 Å². The number of ether oxygens (including phenoxy) is 2. The van der Waals surface area contributed by atoms with Crippen LogP contribution in [0.25, 0.3) is 0 Å². The molecule has 0 spiro atoms. The molecular weight excluding hydrogens is 385 g/mol. The third kappa shape index (κ3) is 4.26. The Morgan fingerprint density at radius 2 is 1.78 bits per heavy atom. The summed E-state index contributed by atoms with van der Waals surface area (Å²) in [5.41, 5.74) is 0.226. The van der Waals surface area contributed by atoms with E-state index < -0.39 is 5.60 Å². The molecule has 0 aliphatic rings. The predicted octanol–water partition coefficient (Wildman–Crippen LogP) is 5.58. The van der Waals surface area contributed by atoms with Gasteiger partial charge in [-0.25, -0.2) is 9.67 Å². The van der Waals surface area contributed by atoms with E-state index in [4.69, 9.17) is 32.7 Å². The third-order valence-electron chi connectivity index (χ3n) is 4.61. The van der Waals surface area contributed by atoms with Crippen LogP contribution in [0.1, 0.15) is 19.4 Å². The molecule has 0 N–H and O–H groups in total. The maximum Gasteiger partial charge on any atom is 0.137 e. The Balaban J connectivity index is 1.92. The summed E-state index contributed by atoms with van der Waals surface area (Å²) >= 11 is 12.6. The van der Waals surface area contributed by atoms with Crippen molar-refractivity contribution in [2.24, 2.45) is 5.92 Å². The van der Waals surface area contributed by atoms with Gasteiger partial charge in [-0.05, 0) is 42.3 Å². The third-order valence-corrected chi connectivity index (χ3v) is 5.17. The average Bonchev–Trinajstić information content (AvgIpc) is 3.15. The lowest BCUT2D eigenvalue weighted by Gasteiger charge is -2.37. The normalized spacial score (nSPS) is 13.6. The molecule has 7 heteroatoms. The molecule has 1 heterocycles. The van der Waals surface area contributed by atoms with Crippen LogP contribution < -0.4 is 4.74 Å². The fourth-order valence-corrected chi connectivity index (χ4v) is 3.54. The summed E-state index contributed by atoms with van der Waals surface area (Å²) < 4.78 is 13.6. The Bertz CT molecular complexity index is 883. The average molecular weight is 406 g/mol. The summed E-state index contributed by atoms with van der Waals surface area (Å²) in [6.45, 7) is 4.68. The van der Waals surface area contributed by atoms with Crippen LogP contribution in [0.15, 0.2) is 55.1 Å². The van der Waals surface area contributed by atoms with Crippen molar-refractivity contribution >= 4 is 23.2 Å². The van der Waals surface area contributed by atoms with Crippen LogP contribution in [-0.4, -0.2) is 21.9 Å². The minimum atomic E-state index is -0.649. The molecular formula is C20H21Cl2N3O2. The van der Waals surface area contributed by atoms with Gasteiger partial charge in [0.05, 0.1) is 11.6 Å². The largest absolute Gasteiger partial charge is 0.457 e. The van der Waals surface area contributed by atoms with Gasteiger partial charge in [-0.1, -0.05) is 43.1 Å². The summed E-state index contributed by atoms with van der Waals surface area (Å²) in [5, 5.41) is 5.44. The molecule has 0 aliphatic heterocycles. The molecule has 0 aliphatic carbocycles.